The van der Waals surface area contributed by atoms with Gasteiger partial charge in [0.1, 0.15) is 0 Å². The van der Waals surface area contributed by atoms with Crippen LogP contribution >= 0.6 is 11.6 Å². The molecule has 0 saturated heterocycles. The fraction of sp³-hybridized carbons (Fsp3) is 0.680. The molecule has 0 unspecified atom stereocenters. The van der Waals surface area contributed by atoms with Crippen molar-refractivity contribution in [1.29, 1.82) is 0 Å². The third kappa shape index (κ3) is 10.1. The van der Waals surface area contributed by atoms with E-state index in [4.69, 9.17) is 21.4 Å². The van der Waals surface area contributed by atoms with Crippen LogP contribution < -0.4 is 10.6 Å². The lowest BCUT2D eigenvalue weighted by Gasteiger charge is -2.29. The van der Waals surface area contributed by atoms with Gasteiger partial charge in [0.25, 0.3) is 0 Å². The van der Waals surface area contributed by atoms with Gasteiger partial charge in [0, 0.05) is 44.8 Å². The summed E-state index contributed by atoms with van der Waals surface area (Å²) in [5.74, 6) is 0.683. The number of hydrogen-bond donors (Lipinski definition) is 3. The largest absolute Gasteiger partial charge is 0.465 e. The molecule has 1 aromatic rings. The fourth-order valence-corrected chi connectivity index (χ4v) is 4.64. The summed E-state index contributed by atoms with van der Waals surface area (Å²) >= 11 is 6.17. The van der Waals surface area contributed by atoms with Crippen LogP contribution in [0, 0.1) is 5.92 Å². The highest BCUT2D eigenvalue weighted by atomic mass is 35.5. The zero-order valence-electron chi connectivity index (χ0n) is 20.8. The molecule has 1 fully saturated rings. The Morgan fingerprint density at radius 1 is 1.18 bits per heavy atom. The number of nitrogens with zero attached hydrogens (tertiary/aromatic N) is 2. The molecule has 1 aliphatic carbocycles. The minimum absolute atomic E-state index is 0.0912. The molecular formula is C25H41ClN4O4. The maximum atomic E-state index is 12.9. The Balaban J connectivity index is 1.91. The van der Waals surface area contributed by atoms with Crippen molar-refractivity contribution in [3.63, 3.8) is 0 Å². The maximum Gasteiger partial charge on any atom is 0.407 e. The molecule has 9 heteroatoms. The Morgan fingerprint density at radius 2 is 1.91 bits per heavy atom. The van der Waals surface area contributed by atoms with Gasteiger partial charge >= 0.3 is 12.1 Å². The smallest absolute Gasteiger partial charge is 0.407 e. The second-order valence-corrected chi connectivity index (χ2v) is 9.71. The zero-order chi connectivity index (χ0) is 24.9. The van der Waals surface area contributed by atoms with E-state index in [1.165, 1.54) is 44.1 Å². The molecule has 1 aliphatic rings. The van der Waals surface area contributed by atoms with Crippen molar-refractivity contribution in [2.75, 3.05) is 47.4 Å². The monoisotopic (exact) mass is 496 g/mol. The van der Waals surface area contributed by atoms with Crippen molar-refractivity contribution in [2.24, 2.45) is 5.92 Å². The number of hydrogen-bond acceptors (Lipinski definition) is 4. The van der Waals surface area contributed by atoms with Crippen LogP contribution in [-0.4, -0.2) is 80.5 Å². The first-order valence-corrected chi connectivity index (χ1v) is 12.6. The van der Waals surface area contributed by atoms with Crippen LogP contribution in [0.1, 0.15) is 56.6 Å². The molecule has 1 aromatic carbocycles. The van der Waals surface area contributed by atoms with Crippen LogP contribution in [-0.2, 0) is 4.74 Å². The summed E-state index contributed by atoms with van der Waals surface area (Å²) < 4.78 is 6.02. The predicted molar refractivity (Wildman–Crippen MR) is 135 cm³/mol. The van der Waals surface area contributed by atoms with E-state index in [2.05, 4.69) is 10.6 Å². The van der Waals surface area contributed by atoms with Gasteiger partial charge in [0.15, 0.2) is 0 Å². The van der Waals surface area contributed by atoms with E-state index >= 15 is 0 Å². The van der Waals surface area contributed by atoms with Gasteiger partial charge in [-0.15, -0.1) is 0 Å². The van der Waals surface area contributed by atoms with E-state index in [0.29, 0.717) is 23.9 Å². The molecule has 1 saturated carbocycles. The fourth-order valence-electron chi connectivity index (χ4n) is 4.44. The topological polar surface area (TPSA) is 94.1 Å². The second kappa shape index (κ2) is 15.1. The lowest BCUT2D eigenvalue weighted by Crippen LogP contribution is -2.48. The Hall–Kier alpha value is -2.03. The normalized spacial score (nSPS) is 16.0. The maximum absolute atomic E-state index is 12.9. The van der Waals surface area contributed by atoms with Gasteiger partial charge in [-0.2, -0.15) is 0 Å². The molecule has 2 atom stereocenters. The first kappa shape index (κ1) is 28.2. The Labute approximate surface area is 209 Å². The molecule has 3 amide bonds. The average Bonchev–Trinajstić information content (AvgIpc) is 2.81. The highest BCUT2D eigenvalue weighted by Crippen LogP contribution is 2.27. The number of carbonyl (C=O) groups is 2. The molecule has 2 rings (SSSR count). The molecule has 0 bridgehead atoms. The lowest BCUT2D eigenvalue weighted by molar-refractivity contribution is 0.0318. The number of urea groups is 1. The van der Waals surface area contributed by atoms with Crippen molar-refractivity contribution in [2.45, 2.75) is 57.1 Å². The Bertz CT molecular complexity index is 760. The predicted octanol–water partition coefficient (Wildman–Crippen LogP) is 4.60. The van der Waals surface area contributed by atoms with E-state index < -0.39 is 6.09 Å². The number of likely N-dealkylation sites (N-methyl/N-ethyl adjacent to an activating group) is 2. The van der Waals surface area contributed by atoms with Crippen molar-refractivity contribution >= 4 is 23.7 Å². The lowest BCUT2D eigenvalue weighted by atomic mass is 9.85. The number of carbonyl (C=O) groups excluding carboxylic acids is 1. The highest BCUT2D eigenvalue weighted by molar-refractivity contribution is 6.30. The second-order valence-electron chi connectivity index (χ2n) is 9.27. The van der Waals surface area contributed by atoms with Gasteiger partial charge in [-0.25, -0.2) is 9.59 Å². The standard InChI is InChI=1S/C25H41ClN4O4/c1-27-18-22(16-19-8-5-4-6-9-19)28-24(31)29(2)13-12-23(20-10-7-11-21(26)17-20)34-15-14-30(3)25(32)33/h7,10-11,17,19,22-23,27H,4-6,8-9,12-16,18H2,1-3H3,(H,28,31)(H,32,33)/t22-,23-/m0/s1. The van der Waals surface area contributed by atoms with Crippen molar-refractivity contribution < 1.29 is 19.4 Å². The van der Waals surface area contributed by atoms with Crippen LogP contribution in [0.3, 0.4) is 0 Å². The minimum Gasteiger partial charge on any atom is -0.465 e. The van der Waals surface area contributed by atoms with Crippen LogP contribution in [0.15, 0.2) is 24.3 Å². The van der Waals surface area contributed by atoms with E-state index in [1.807, 2.05) is 25.2 Å². The first-order chi connectivity index (χ1) is 16.3. The third-order valence-corrected chi connectivity index (χ3v) is 6.72. The van der Waals surface area contributed by atoms with Crippen LogP contribution in [0.4, 0.5) is 9.59 Å². The Kier molecular flexibility index (Phi) is 12.5. The molecule has 0 radical (unpaired) electrons. The van der Waals surface area contributed by atoms with E-state index in [9.17, 15) is 9.59 Å². The summed E-state index contributed by atoms with van der Waals surface area (Å²) in [5.41, 5.74) is 0.907. The van der Waals surface area contributed by atoms with Gasteiger partial charge in [-0.3, -0.25) is 0 Å². The van der Waals surface area contributed by atoms with Gasteiger partial charge < -0.3 is 30.3 Å². The summed E-state index contributed by atoms with van der Waals surface area (Å²) in [4.78, 5) is 26.8. The number of halogens is 1. The molecule has 0 heterocycles. The van der Waals surface area contributed by atoms with E-state index in [1.54, 1.807) is 18.0 Å². The number of rotatable bonds is 13. The number of carboxylic acid groups (broad SMARTS) is 1. The van der Waals surface area contributed by atoms with Crippen molar-refractivity contribution in [1.82, 2.24) is 20.4 Å². The highest BCUT2D eigenvalue weighted by Gasteiger charge is 2.22. The molecule has 3 N–H and O–H groups in total. The summed E-state index contributed by atoms with van der Waals surface area (Å²) in [6.45, 7) is 1.76. The molecule has 0 aliphatic heterocycles. The van der Waals surface area contributed by atoms with Gasteiger partial charge in [-0.1, -0.05) is 55.8 Å². The Morgan fingerprint density at radius 3 is 2.56 bits per heavy atom. The number of nitrogens with one attached hydrogen (secondary N) is 2. The van der Waals surface area contributed by atoms with Gasteiger partial charge in [0.2, 0.25) is 0 Å². The van der Waals surface area contributed by atoms with Crippen LogP contribution in [0.2, 0.25) is 5.02 Å². The van der Waals surface area contributed by atoms with Crippen molar-refractivity contribution in [3.8, 4) is 0 Å². The van der Waals surface area contributed by atoms with E-state index in [-0.39, 0.29) is 31.3 Å². The molecule has 0 aromatic heterocycles. The molecule has 0 spiro atoms. The van der Waals surface area contributed by atoms with Crippen molar-refractivity contribution in [3.05, 3.63) is 34.9 Å². The number of ether oxygens (including phenoxy) is 1. The van der Waals surface area contributed by atoms with Gasteiger partial charge in [0.05, 0.1) is 12.7 Å². The molecule has 34 heavy (non-hydrogen) atoms. The summed E-state index contributed by atoms with van der Waals surface area (Å²) in [6.07, 6.45) is 6.69. The average molecular weight is 497 g/mol. The zero-order valence-corrected chi connectivity index (χ0v) is 21.5. The number of benzene rings is 1. The minimum atomic E-state index is -0.997. The summed E-state index contributed by atoms with van der Waals surface area (Å²) in [5, 5.41) is 16.1. The SMILES string of the molecule is CNC[C@H](CC1CCCCC1)NC(=O)N(C)CC[C@H](OCCN(C)C(=O)O)c1cccc(Cl)c1. The van der Waals surface area contributed by atoms with E-state index in [0.717, 1.165) is 18.5 Å². The molecule has 192 valence electrons. The van der Waals surface area contributed by atoms with Gasteiger partial charge in [-0.05, 0) is 43.5 Å². The third-order valence-electron chi connectivity index (χ3n) is 6.49. The van der Waals surface area contributed by atoms with Crippen LogP contribution in [0.25, 0.3) is 0 Å². The molecule has 8 nitrogen and oxygen atoms in total. The molecular weight excluding hydrogens is 456 g/mol. The summed E-state index contributed by atoms with van der Waals surface area (Å²) in [6, 6.07) is 7.46. The first-order valence-electron chi connectivity index (χ1n) is 12.3. The quantitative estimate of drug-likeness (QED) is 0.371. The summed E-state index contributed by atoms with van der Waals surface area (Å²) in [7, 11) is 5.21. The van der Waals surface area contributed by atoms with Crippen LogP contribution in [0.5, 0.6) is 0 Å². The number of amides is 3.